The van der Waals surface area contributed by atoms with E-state index < -0.39 is 11.2 Å². The third kappa shape index (κ3) is 1.29. The van der Waals surface area contributed by atoms with Crippen LogP contribution in [-0.4, -0.2) is 14.5 Å². The Bertz CT molecular complexity index is 847. The number of aromatic nitrogens is 4. The Morgan fingerprint density at radius 3 is 2.78 bits per heavy atom. The molecule has 1 aromatic carbocycles. The molecule has 0 aromatic heterocycles. The maximum absolute atomic E-state index is 11.9. The fourth-order valence-corrected chi connectivity index (χ4v) is 2.24. The number of aryl methyl sites for hydroxylation is 2. The number of para-hydroxylation sites is 2. The van der Waals surface area contributed by atoms with E-state index in [2.05, 4.69) is 9.97 Å². The topological polar surface area (TPSA) is 71.6 Å². The SMILES string of the molecule is Cn1c2nc(=O)[nH]c(=O)c-2[n+](C)c2ccccc21. The Labute approximate surface area is 102 Å². The van der Waals surface area contributed by atoms with Crippen molar-refractivity contribution < 1.29 is 4.57 Å². The highest BCUT2D eigenvalue weighted by molar-refractivity contribution is 5.74. The van der Waals surface area contributed by atoms with Crippen LogP contribution in [0.25, 0.3) is 22.6 Å². The minimum absolute atomic E-state index is 0.380. The molecule has 1 N–H and O–H groups in total. The second-order valence-electron chi connectivity index (χ2n) is 4.15. The van der Waals surface area contributed by atoms with Gasteiger partial charge in [0.15, 0.2) is 0 Å². The fraction of sp³-hybridized carbons (Fsp3) is 0.167. The van der Waals surface area contributed by atoms with Gasteiger partial charge in [0.05, 0.1) is 0 Å². The van der Waals surface area contributed by atoms with E-state index in [1.54, 1.807) is 23.2 Å². The molecule has 90 valence electrons. The lowest BCUT2D eigenvalue weighted by atomic mass is 10.2. The monoisotopic (exact) mass is 243 g/mol. The Balaban J connectivity index is 2.71. The maximum atomic E-state index is 11.9. The molecular weight excluding hydrogens is 232 g/mol. The van der Waals surface area contributed by atoms with E-state index in [9.17, 15) is 9.59 Å². The molecule has 1 aromatic rings. The third-order valence-corrected chi connectivity index (χ3v) is 3.11. The molecule has 0 amide bonds. The van der Waals surface area contributed by atoms with Crippen LogP contribution in [0.1, 0.15) is 0 Å². The normalized spacial score (nSPS) is 11.2. The summed E-state index contributed by atoms with van der Waals surface area (Å²) in [6.07, 6.45) is 0. The van der Waals surface area contributed by atoms with E-state index in [0.717, 1.165) is 11.0 Å². The van der Waals surface area contributed by atoms with Crippen molar-refractivity contribution in [3.8, 4) is 11.5 Å². The molecule has 0 bridgehead atoms. The molecule has 0 fully saturated rings. The zero-order valence-electron chi connectivity index (χ0n) is 9.97. The van der Waals surface area contributed by atoms with Crippen LogP contribution in [0.4, 0.5) is 0 Å². The van der Waals surface area contributed by atoms with E-state index in [1.165, 1.54) is 0 Å². The van der Waals surface area contributed by atoms with Gasteiger partial charge in [0.2, 0.25) is 11.3 Å². The molecule has 3 rings (SSSR count). The van der Waals surface area contributed by atoms with Crippen molar-refractivity contribution >= 4 is 11.0 Å². The lowest BCUT2D eigenvalue weighted by molar-refractivity contribution is -0.635. The van der Waals surface area contributed by atoms with Gasteiger partial charge in [0.1, 0.15) is 12.6 Å². The maximum Gasteiger partial charge on any atom is 0.350 e. The molecule has 0 saturated heterocycles. The van der Waals surface area contributed by atoms with Crippen LogP contribution in [0.2, 0.25) is 0 Å². The predicted molar refractivity (Wildman–Crippen MR) is 65.4 cm³/mol. The third-order valence-electron chi connectivity index (χ3n) is 3.11. The number of hydrogen-bond acceptors (Lipinski definition) is 3. The zero-order chi connectivity index (χ0) is 12.9. The first kappa shape index (κ1) is 10.6. The highest BCUT2D eigenvalue weighted by Gasteiger charge is 2.26. The van der Waals surface area contributed by atoms with E-state index in [0.29, 0.717) is 11.5 Å². The Morgan fingerprint density at radius 1 is 1.28 bits per heavy atom. The number of rotatable bonds is 0. The molecule has 0 saturated carbocycles. The average Bonchev–Trinajstić information content (AvgIpc) is 2.35. The lowest BCUT2D eigenvalue weighted by Crippen LogP contribution is -2.43. The summed E-state index contributed by atoms with van der Waals surface area (Å²) in [5.74, 6) is 0.380. The molecule has 6 heteroatoms. The summed E-state index contributed by atoms with van der Waals surface area (Å²) in [6.45, 7) is 0. The van der Waals surface area contributed by atoms with Crippen LogP contribution >= 0.6 is 0 Å². The van der Waals surface area contributed by atoms with Crippen LogP contribution in [0, 0.1) is 0 Å². The number of hydrogen-bond donors (Lipinski definition) is 1. The number of benzene rings is 1. The van der Waals surface area contributed by atoms with Gasteiger partial charge in [-0.3, -0.25) is 9.78 Å². The molecule has 0 aliphatic carbocycles. The lowest BCUT2D eigenvalue weighted by Gasteiger charge is -2.10. The number of aromatic amines is 1. The first-order chi connectivity index (χ1) is 8.59. The second-order valence-corrected chi connectivity index (χ2v) is 4.15. The van der Waals surface area contributed by atoms with Gasteiger partial charge >= 0.3 is 16.9 Å². The van der Waals surface area contributed by atoms with Gasteiger partial charge in [-0.2, -0.15) is 9.55 Å². The molecule has 0 unspecified atom stereocenters. The molecule has 0 atom stereocenters. The number of nitrogens with zero attached hydrogens (tertiary/aromatic N) is 3. The Kier molecular flexibility index (Phi) is 2.07. The van der Waals surface area contributed by atoms with Gasteiger partial charge in [-0.05, 0) is 6.07 Å². The first-order valence-corrected chi connectivity index (χ1v) is 5.47. The van der Waals surface area contributed by atoms with Crippen molar-refractivity contribution in [1.29, 1.82) is 0 Å². The van der Waals surface area contributed by atoms with Gasteiger partial charge in [0.25, 0.3) is 0 Å². The highest BCUT2D eigenvalue weighted by Crippen LogP contribution is 2.16. The summed E-state index contributed by atoms with van der Waals surface area (Å²) < 4.78 is 3.50. The van der Waals surface area contributed by atoms with E-state index in [1.807, 2.05) is 24.3 Å². The quantitative estimate of drug-likeness (QED) is 0.429. The van der Waals surface area contributed by atoms with Crippen LogP contribution in [-0.2, 0) is 14.1 Å². The largest absolute Gasteiger partial charge is 0.350 e. The van der Waals surface area contributed by atoms with Crippen molar-refractivity contribution in [3.63, 3.8) is 0 Å². The smallest absolute Gasteiger partial charge is 0.318 e. The number of nitrogens with one attached hydrogen (secondary N) is 1. The van der Waals surface area contributed by atoms with Crippen LogP contribution < -0.4 is 15.8 Å². The average molecular weight is 243 g/mol. The summed E-state index contributed by atoms with van der Waals surface area (Å²) in [6, 6.07) is 7.64. The molecule has 6 nitrogen and oxygen atoms in total. The van der Waals surface area contributed by atoms with Gasteiger partial charge in [-0.1, -0.05) is 12.1 Å². The van der Waals surface area contributed by atoms with E-state index in [-0.39, 0.29) is 0 Å². The minimum Gasteiger partial charge on any atom is -0.318 e. The first-order valence-electron chi connectivity index (χ1n) is 5.47. The summed E-state index contributed by atoms with van der Waals surface area (Å²) in [5, 5.41) is 0. The minimum atomic E-state index is -0.626. The number of fused-ring (bicyclic) bond motifs is 2. The van der Waals surface area contributed by atoms with E-state index >= 15 is 0 Å². The Hall–Kier alpha value is -2.50. The van der Waals surface area contributed by atoms with Gasteiger partial charge in [-0.25, -0.2) is 4.79 Å². The van der Waals surface area contributed by atoms with Crippen molar-refractivity contribution in [1.82, 2.24) is 14.5 Å². The molecule has 0 radical (unpaired) electrons. The molecular formula is C12H11N4O2+. The molecule has 2 aliphatic rings. The Morgan fingerprint density at radius 2 is 2.00 bits per heavy atom. The van der Waals surface area contributed by atoms with Crippen molar-refractivity contribution in [2.75, 3.05) is 0 Å². The fourth-order valence-electron chi connectivity index (χ4n) is 2.24. The summed E-state index contributed by atoms with van der Waals surface area (Å²) in [7, 11) is 3.57. The number of H-pyrrole nitrogens is 1. The second kappa shape index (κ2) is 3.49. The summed E-state index contributed by atoms with van der Waals surface area (Å²) >= 11 is 0. The summed E-state index contributed by atoms with van der Waals surface area (Å²) in [5.41, 5.74) is 1.14. The van der Waals surface area contributed by atoms with Crippen molar-refractivity contribution in [2.24, 2.45) is 14.1 Å². The molecule has 2 aliphatic heterocycles. The molecule has 0 spiro atoms. The van der Waals surface area contributed by atoms with Gasteiger partial charge in [-0.15, -0.1) is 0 Å². The van der Waals surface area contributed by atoms with Crippen LogP contribution in [0.5, 0.6) is 0 Å². The van der Waals surface area contributed by atoms with Crippen LogP contribution in [0.3, 0.4) is 0 Å². The van der Waals surface area contributed by atoms with Gasteiger partial charge in [0, 0.05) is 13.1 Å². The predicted octanol–water partition coefficient (Wildman–Crippen LogP) is -0.449. The standard InChI is InChI=1S/C12H10N4O2/c1-15-7-5-3-4-6-8(7)16(2)10-9(15)11(17)14-12(18)13-10/h3-6H,1-2H3/p+1. The van der Waals surface area contributed by atoms with Crippen molar-refractivity contribution in [2.45, 2.75) is 0 Å². The molecule has 18 heavy (non-hydrogen) atoms. The van der Waals surface area contributed by atoms with E-state index in [4.69, 9.17) is 0 Å². The summed E-state index contributed by atoms with van der Waals surface area (Å²) in [4.78, 5) is 29.3. The zero-order valence-corrected chi connectivity index (χ0v) is 9.97. The van der Waals surface area contributed by atoms with Gasteiger partial charge < -0.3 is 4.57 Å². The van der Waals surface area contributed by atoms with Crippen molar-refractivity contribution in [3.05, 3.63) is 45.1 Å². The highest BCUT2D eigenvalue weighted by atomic mass is 16.2. The molecule has 2 heterocycles. The van der Waals surface area contributed by atoms with Crippen LogP contribution in [0.15, 0.2) is 33.9 Å².